The maximum atomic E-state index is 10.7. The zero-order chi connectivity index (χ0) is 13.3. The summed E-state index contributed by atoms with van der Waals surface area (Å²) in [6, 6.07) is 5.23. The number of halogens is 1. The molecule has 0 saturated heterocycles. The highest BCUT2D eigenvalue weighted by Crippen LogP contribution is 2.25. The van der Waals surface area contributed by atoms with Gasteiger partial charge in [0, 0.05) is 11.3 Å². The second-order valence-corrected chi connectivity index (χ2v) is 4.65. The SMILES string of the molecule is CCc1c(C)nn(-c2ccc(C=O)cc2Cl)c1C. The van der Waals surface area contributed by atoms with Crippen molar-refractivity contribution in [2.75, 3.05) is 0 Å². The van der Waals surface area contributed by atoms with Crippen LogP contribution in [0.1, 0.15) is 34.2 Å². The average molecular weight is 263 g/mol. The fourth-order valence-electron chi connectivity index (χ4n) is 2.19. The number of carbonyl (C=O) groups is 1. The molecule has 0 aliphatic carbocycles. The van der Waals surface area contributed by atoms with Gasteiger partial charge in [-0.2, -0.15) is 5.10 Å². The average Bonchev–Trinajstić information content (AvgIpc) is 2.64. The highest BCUT2D eigenvalue weighted by Gasteiger charge is 2.13. The molecule has 0 saturated carbocycles. The van der Waals surface area contributed by atoms with E-state index < -0.39 is 0 Å². The van der Waals surface area contributed by atoms with Gasteiger partial charge in [-0.25, -0.2) is 4.68 Å². The van der Waals surface area contributed by atoms with Crippen molar-refractivity contribution in [3.8, 4) is 5.69 Å². The van der Waals surface area contributed by atoms with E-state index in [-0.39, 0.29) is 0 Å². The van der Waals surface area contributed by atoms with Gasteiger partial charge in [-0.15, -0.1) is 0 Å². The number of aryl methyl sites for hydroxylation is 1. The van der Waals surface area contributed by atoms with Crippen molar-refractivity contribution in [2.45, 2.75) is 27.2 Å². The quantitative estimate of drug-likeness (QED) is 0.794. The van der Waals surface area contributed by atoms with E-state index in [0.717, 1.165) is 29.8 Å². The Morgan fingerprint density at radius 2 is 2.11 bits per heavy atom. The van der Waals surface area contributed by atoms with Crippen LogP contribution in [0.3, 0.4) is 0 Å². The summed E-state index contributed by atoms with van der Waals surface area (Å²) < 4.78 is 1.84. The molecule has 0 atom stereocenters. The van der Waals surface area contributed by atoms with E-state index in [1.807, 2.05) is 24.6 Å². The summed E-state index contributed by atoms with van der Waals surface area (Å²) in [5.41, 5.74) is 4.73. The molecule has 0 N–H and O–H groups in total. The standard InChI is InChI=1S/C14H15ClN2O/c1-4-12-9(2)16-17(10(12)3)14-6-5-11(8-18)7-13(14)15/h5-8H,4H2,1-3H3. The number of nitrogens with zero attached hydrogens (tertiary/aromatic N) is 2. The molecule has 4 heteroatoms. The zero-order valence-corrected chi connectivity index (χ0v) is 11.5. The van der Waals surface area contributed by atoms with Crippen LogP contribution in [0.25, 0.3) is 5.69 Å². The van der Waals surface area contributed by atoms with E-state index >= 15 is 0 Å². The first kappa shape index (κ1) is 12.8. The Kier molecular flexibility index (Phi) is 3.53. The fraction of sp³-hybridized carbons (Fsp3) is 0.286. The van der Waals surface area contributed by atoms with Gasteiger partial charge in [-0.3, -0.25) is 4.79 Å². The van der Waals surface area contributed by atoms with Gasteiger partial charge < -0.3 is 0 Å². The van der Waals surface area contributed by atoms with Gasteiger partial charge in [0.1, 0.15) is 6.29 Å². The van der Waals surface area contributed by atoms with E-state index in [1.165, 1.54) is 5.56 Å². The normalized spacial score (nSPS) is 10.7. The van der Waals surface area contributed by atoms with Gasteiger partial charge in [0.2, 0.25) is 0 Å². The summed E-state index contributed by atoms with van der Waals surface area (Å²) in [6.07, 6.45) is 1.73. The molecule has 0 unspecified atom stereocenters. The summed E-state index contributed by atoms with van der Waals surface area (Å²) in [6.45, 7) is 6.14. The predicted octanol–water partition coefficient (Wildman–Crippen LogP) is 3.52. The minimum Gasteiger partial charge on any atom is -0.298 e. The number of rotatable bonds is 3. The van der Waals surface area contributed by atoms with Crippen molar-refractivity contribution in [1.29, 1.82) is 0 Å². The number of benzene rings is 1. The van der Waals surface area contributed by atoms with Crippen LogP contribution in [-0.2, 0) is 6.42 Å². The number of aldehydes is 1. The van der Waals surface area contributed by atoms with E-state index in [2.05, 4.69) is 12.0 Å². The first-order chi connectivity index (χ1) is 8.58. The van der Waals surface area contributed by atoms with Crippen LogP contribution in [0.5, 0.6) is 0 Å². The van der Waals surface area contributed by atoms with Crippen LogP contribution in [-0.4, -0.2) is 16.1 Å². The van der Waals surface area contributed by atoms with Crippen molar-refractivity contribution in [3.63, 3.8) is 0 Å². The van der Waals surface area contributed by atoms with Crippen molar-refractivity contribution in [2.24, 2.45) is 0 Å². The number of carbonyl (C=O) groups excluding carboxylic acids is 1. The second kappa shape index (κ2) is 4.94. The minimum atomic E-state index is 0.535. The highest BCUT2D eigenvalue weighted by atomic mass is 35.5. The molecule has 0 bridgehead atoms. The van der Waals surface area contributed by atoms with E-state index in [4.69, 9.17) is 11.6 Å². The van der Waals surface area contributed by atoms with Gasteiger partial charge in [0.05, 0.1) is 16.4 Å². The van der Waals surface area contributed by atoms with Crippen molar-refractivity contribution < 1.29 is 4.79 Å². The number of aromatic nitrogens is 2. The van der Waals surface area contributed by atoms with Gasteiger partial charge in [-0.1, -0.05) is 18.5 Å². The lowest BCUT2D eigenvalue weighted by Gasteiger charge is -2.07. The summed E-state index contributed by atoms with van der Waals surface area (Å²) in [4.78, 5) is 10.7. The third-order valence-electron chi connectivity index (χ3n) is 3.13. The number of hydrogen-bond donors (Lipinski definition) is 0. The van der Waals surface area contributed by atoms with Gasteiger partial charge in [0.15, 0.2) is 0 Å². The molecule has 0 aliphatic rings. The van der Waals surface area contributed by atoms with Crippen LogP contribution in [0.2, 0.25) is 5.02 Å². The lowest BCUT2D eigenvalue weighted by atomic mass is 10.1. The zero-order valence-electron chi connectivity index (χ0n) is 10.7. The van der Waals surface area contributed by atoms with Crippen LogP contribution < -0.4 is 0 Å². The molecule has 1 aromatic carbocycles. The third-order valence-corrected chi connectivity index (χ3v) is 3.43. The lowest BCUT2D eigenvalue weighted by molar-refractivity contribution is 0.112. The monoisotopic (exact) mass is 262 g/mol. The van der Waals surface area contributed by atoms with Crippen LogP contribution in [0.4, 0.5) is 0 Å². The first-order valence-electron chi connectivity index (χ1n) is 5.88. The van der Waals surface area contributed by atoms with E-state index in [9.17, 15) is 4.79 Å². The van der Waals surface area contributed by atoms with E-state index in [1.54, 1.807) is 12.1 Å². The number of hydrogen-bond acceptors (Lipinski definition) is 2. The maximum Gasteiger partial charge on any atom is 0.150 e. The summed E-state index contributed by atoms with van der Waals surface area (Å²) in [7, 11) is 0. The molecule has 3 nitrogen and oxygen atoms in total. The molecule has 1 aromatic heterocycles. The van der Waals surface area contributed by atoms with Gasteiger partial charge >= 0.3 is 0 Å². The Labute approximate surface area is 111 Å². The molecule has 0 radical (unpaired) electrons. The third kappa shape index (κ3) is 2.06. The molecule has 0 amide bonds. The molecule has 18 heavy (non-hydrogen) atoms. The molecule has 0 spiro atoms. The Morgan fingerprint density at radius 3 is 2.61 bits per heavy atom. The Morgan fingerprint density at radius 1 is 1.39 bits per heavy atom. The Hall–Kier alpha value is -1.61. The molecule has 1 heterocycles. The fourth-order valence-corrected chi connectivity index (χ4v) is 2.46. The Bertz CT molecular complexity index is 602. The van der Waals surface area contributed by atoms with Crippen LogP contribution in [0.15, 0.2) is 18.2 Å². The maximum absolute atomic E-state index is 10.7. The summed E-state index contributed by atoms with van der Waals surface area (Å²) >= 11 is 6.20. The Balaban J connectivity index is 2.59. The largest absolute Gasteiger partial charge is 0.298 e. The van der Waals surface area contributed by atoms with Crippen molar-refractivity contribution in [1.82, 2.24) is 9.78 Å². The molecular weight excluding hydrogens is 248 g/mol. The lowest BCUT2D eigenvalue weighted by Crippen LogP contribution is -2.01. The van der Waals surface area contributed by atoms with Crippen molar-refractivity contribution >= 4 is 17.9 Å². The van der Waals surface area contributed by atoms with Gasteiger partial charge in [0.25, 0.3) is 0 Å². The molecule has 0 fully saturated rings. The molecular formula is C14H15ClN2O. The highest BCUT2D eigenvalue weighted by molar-refractivity contribution is 6.32. The smallest absolute Gasteiger partial charge is 0.150 e. The predicted molar refractivity (Wildman–Crippen MR) is 72.8 cm³/mol. The molecule has 2 aromatic rings. The minimum absolute atomic E-state index is 0.535. The van der Waals surface area contributed by atoms with Crippen LogP contribution in [0, 0.1) is 13.8 Å². The second-order valence-electron chi connectivity index (χ2n) is 4.24. The van der Waals surface area contributed by atoms with Gasteiger partial charge in [-0.05, 0) is 44.0 Å². The molecule has 94 valence electrons. The molecule has 2 rings (SSSR count). The van der Waals surface area contributed by atoms with E-state index in [0.29, 0.717) is 10.6 Å². The summed E-state index contributed by atoms with van der Waals surface area (Å²) in [5, 5.41) is 5.05. The topological polar surface area (TPSA) is 34.9 Å². The first-order valence-corrected chi connectivity index (χ1v) is 6.26. The van der Waals surface area contributed by atoms with Crippen molar-refractivity contribution in [3.05, 3.63) is 45.7 Å². The molecule has 0 aliphatic heterocycles. The summed E-state index contributed by atoms with van der Waals surface area (Å²) in [5.74, 6) is 0. The van der Waals surface area contributed by atoms with Crippen LogP contribution >= 0.6 is 11.6 Å².